The lowest BCUT2D eigenvalue weighted by Gasteiger charge is -2.17. The van der Waals surface area contributed by atoms with Gasteiger partial charge in [0.2, 0.25) is 0 Å². The molecule has 23 heavy (non-hydrogen) atoms. The van der Waals surface area contributed by atoms with Gasteiger partial charge in [0.25, 0.3) is 5.91 Å². The van der Waals surface area contributed by atoms with Crippen molar-refractivity contribution in [2.45, 2.75) is 32.9 Å². The van der Waals surface area contributed by atoms with E-state index in [1.165, 1.54) is 0 Å². The van der Waals surface area contributed by atoms with Gasteiger partial charge in [-0.25, -0.2) is 0 Å². The van der Waals surface area contributed by atoms with E-state index >= 15 is 0 Å². The largest absolute Gasteiger partial charge is 0.481 e. The lowest BCUT2D eigenvalue weighted by atomic mass is 10.2. The van der Waals surface area contributed by atoms with Crippen LogP contribution < -0.4 is 10.1 Å². The van der Waals surface area contributed by atoms with Crippen LogP contribution in [0.2, 0.25) is 10.0 Å². The van der Waals surface area contributed by atoms with E-state index in [1.54, 1.807) is 18.2 Å². The van der Waals surface area contributed by atoms with Crippen molar-refractivity contribution in [1.82, 2.24) is 5.32 Å². The van der Waals surface area contributed by atoms with Gasteiger partial charge in [0.15, 0.2) is 6.10 Å². The smallest absolute Gasteiger partial charge is 0.261 e. The summed E-state index contributed by atoms with van der Waals surface area (Å²) in [6.07, 6.45) is 0.0393. The molecule has 0 saturated heterocycles. The number of carbonyl (C=O) groups is 1. The topological polar surface area (TPSA) is 38.3 Å². The number of rotatable bonds is 6. The molecule has 1 amide bonds. The minimum Gasteiger partial charge on any atom is -0.481 e. The van der Waals surface area contributed by atoms with E-state index < -0.39 is 6.10 Å². The van der Waals surface area contributed by atoms with Crippen LogP contribution >= 0.6 is 23.2 Å². The molecule has 3 nitrogen and oxygen atoms in total. The molecule has 0 unspecified atom stereocenters. The molecule has 0 aliphatic heterocycles. The first kappa shape index (κ1) is 17.6. The Balaban J connectivity index is 1.95. The number of amides is 1. The molecule has 0 aliphatic rings. The average Bonchev–Trinajstić information content (AvgIpc) is 2.53. The first-order valence-electron chi connectivity index (χ1n) is 7.44. The number of benzene rings is 2. The van der Waals surface area contributed by atoms with Crippen molar-refractivity contribution in [2.24, 2.45) is 0 Å². The van der Waals surface area contributed by atoms with Gasteiger partial charge in [0.05, 0.1) is 0 Å². The number of ether oxygens (including phenoxy) is 1. The number of nitrogens with one attached hydrogen (secondary N) is 1. The predicted octanol–water partition coefficient (Wildman–Crippen LogP) is 4.78. The zero-order valence-electron chi connectivity index (χ0n) is 13.1. The third-order valence-electron chi connectivity index (χ3n) is 3.43. The molecule has 0 spiro atoms. The van der Waals surface area contributed by atoms with E-state index in [1.807, 2.05) is 38.1 Å². The lowest BCUT2D eigenvalue weighted by Crippen LogP contribution is -2.37. The molecule has 0 fully saturated rings. The Kier molecular flexibility index (Phi) is 6.31. The quantitative estimate of drug-likeness (QED) is 0.813. The van der Waals surface area contributed by atoms with Crippen molar-refractivity contribution in [3.63, 3.8) is 0 Å². The average molecular weight is 352 g/mol. The zero-order valence-corrected chi connectivity index (χ0v) is 14.6. The molecule has 122 valence electrons. The van der Waals surface area contributed by atoms with Crippen LogP contribution in [0.1, 0.15) is 24.5 Å². The minimum atomic E-state index is -0.538. The maximum Gasteiger partial charge on any atom is 0.261 e. The number of hydrogen-bond donors (Lipinski definition) is 1. The van der Waals surface area contributed by atoms with E-state index in [4.69, 9.17) is 27.9 Å². The van der Waals surface area contributed by atoms with Gasteiger partial charge in [0.1, 0.15) is 5.75 Å². The summed E-state index contributed by atoms with van der Waals surface area (Å²) in [6.45, 7) is 4.25. The van der Waals surface area contributed by atoms with E-state index in [-0.39, 0.29) is 5.91 Å². The molecule has 0 bridgehead atoms. The van der Waals surface area contributed by atoms with Gasteiger partial charge in [-0.3, -0.25) is 4.79 Å². The maximum atomic E-state index is 12.3. The molecular formula is C18H19Cl2NO2. The third-order valence-corrected chi connectivity index (χ3v) is 4.02. The Hall–Kier alpha value is -1.71. The first-order chi connectivity index (χ1) is 11.0. The molecule has 5 heteroatoms. The van der Waals surface area contributed by atoms with E-state index in [9.17, 15) is 4.79 Å². The van der Waals surface area contributed by atoms with Crippen molar-refractivity contribution >= 4 is 29.1 Å². The fourth-order valence-corrected chi connectivity index (χ4v) is 2.54. The highest BCUT2D eigenvalue weighted by molar-refractivity contribution is 6.35. The monoisotopic (exact) mass is 351 g/mol. The Labute approximate surface area is 146 Å². The van der Waals surface area contributed by atoms with Crippen LogP contribution in [0.5, 0.6) is 5.75 Å². The normalized spacial score (nSPS) is 11.8. The second-order valence-corrected chi connectivity index (χ2v) is 6.12. The highest BCUT2D eigenvalue weighted by Crippen LogP contribution is 2.21. The Morgan fingerprint density at radius 1 is 1.17 bits per heavy atom. The fourth-order valence-electron chi connectivity index (χ4n) is 2.06. The molecular weight excluding hydrogens is 333 g/mol. The Morgan fingerprint density at radius 3 is 2.48 bits per heavy atom. The van der Waals surface area contributed by atoms with Crippen molar-refractivity contribution in [1.29, 1.82) is 0 Å². The van der Waals surface area contributed by atoms with Gasteiger partial charge in [-0.15, -0.1) is 0 Å². The van der Waals surface area contributed by atoms with Crippen LogP contribution in [0.25, 0.3) is 0 Å². The first-order valence-corrected chi connectivity index (χ1v) is 8.20. The molecule has 0 aliphatic carbocycles. The zero-order chi connectivity index (χ0) is 16.8. The van der Waals surface area contributed by atoms with Crippen LogP contribution in [0.3, 0.4) is 0 Å². The number of aryl methyl sites for hydroxylation is 1. The highest BCUT2D eigenvalue weighted by atomic mass is 35.5. The van der Waals surface area contributed by atoms with Crippen LogP contribution in [0, 0.1) is 6.92 Å². The van der Waals surface area contributed by atoms with E-state index in [2.05, 4.69) is 5.32 Å². The summed E-state index contributed by atoms with van der Waals surface area (Å²) in [5.41, 5.74) is 1.96. The highest BCUT2D eigenvalue weighted by Gasteiger charge is 2.18. The summed E-state index contributed by atoms with van der Waals surface area (Å²) in [6, 6.07) is 12.8. The summed E-state index contributed by atoms with van der Waals surface area (Å²) in [5.74, 6) is 0.515. The van der Waals surface area contributed by atoms with Crippen LogP contribution in [0.15, 0.2) is 42.5 Å². The fraction of sp³-hybridized carbons (Fsp3) is 0.278. The van der Waals surface area contributed by atoms with E-state index in [0.717, 1.165) is 11.1 Å². The van der Waals surface area contributed by atoms with Crippen LogP contribution in [0.4, 0.5) is 0 Å². The minimum absolute atomic E-state index is 0.168. The van der Waals surface area contributed by atoms with Gasteiger partial charge < -0.3 is 10.1 Å². The second kappa shape index (κ2) is 8.23. The summed E-state index contributed by atoms with van der Waals surface area (Å²) in [7, 11) is 0. The van der Waals surface area contributed by atoms with Gasteiger partial charge >= 0.3 is 0 Å². The summed E-state index contributed by atoms with van der Waals surface area (Å²) < 4.78 is 5.75. The van der Waals surface area contributed by atoms with Gasteiger partial charge in [0, 0.05) is 16.6 Å². The van der Waals surface area contributed by atoms with E-state index in [0.29, 0.717) is 28.8 Å². The molecule has 1 atom stereocenters. The lowest BCUT2D eigenvalue weighted by molar-refractivity contribution is -0.128. The summed E-state index contributed by atoms with van der Waals surface area (Å²) in [5, 5.41) is 3.95. The third kappa shape index (κ3) is 5.15. The molecule has 0 aromatic heterocycles. The molecule has 1 N–H and O–H groups in total. The molecule has 0 saturated carbocycles. The SMILES string of the molecule is CC[C@H](Oc1ccc(C)cc1)C(=O)NCc1ccc(Cl)cc1Cl. The van der Waals surface area contributed by atoms with Crippen LogP contribution in [-0.2, 0) is 11.3 Å². The van der Waals surface area contributed by atoms with Crippen molar-refractivity contribution < 1.29 is 9.53 Å². The molecule has 2 rings (SSSR count). The number of hydrogen-bond acceptors (Lipinski definition) is 2. The maximum absolute atomic E-state index is 12.3. The molecule has 2 aromatic carbocycles. The Bertz CT molecular complexity index is 671. The standard InChI is InChI=1S/C18H19Cl2NO2/c1-3-17(23-15-8-4-12(2)5-9-15)18(22)21-11-13-6-7-14(19)10-16(13)20/h4-10,17H,3,11H2,1-2H3,(H,21,22)/t17-/m0/s1. The molecule has 0 radical (unpaired) electrons. The number of carbonyl (C=O) groups excluding carboxylic acids is 1. The van der Waals surface area contributed by atoms with Gasteiger partial charge in [-0.1, -0.05) is 53.9 Å². The van der Waals surface area contributed by atoms with Crippen molar-refractivity contribution in [2.75, 3.05) is 0 Å². The summed E-state index contributed by atoms with van der Waals surface area (Å²) >= 11 is 12.0. The molecule has 2 aromatic rings. The number of halogens is 2. The summed E-state index contributed by atoms with van der Waals surface area (Å²) in [4.78, 5) is 12.3. The second-order valence-electron chi connectivity index (χ2n) is 5.28. The van der Waals surface area contributed by atoms with Crippen molar-refractivity contribution in [3.05, 3.63) is 63.6 Å². The van der Waals surface area contributed by atoms with Crippen LogP contribution in [-0.4, -0.2) is 12.0 Å². The molecule has 0 heterocycles. The van der Waals surface area contributed by atoms with Gasteiger partial charge in [-0.2, -0.15) is 0 Å². The van der Waals surface area contributed by atoms with Crippen molar-refractivity contribution in [3.8, 4) is 5.75 Å². The predicted molar refractivity (Wildman–Crippen MR) is 94.2 cm³/mol. The Morgan fingerprint density at radius 2 is 1.87 bits per heavy atom. The van der Waals surface area contributed by atoms with Gasteiger partial charge in [-0.05, 0) is 43.2 Å².